The lowest BCUT2D eigenvalue weighted by Crippen LogP contribution is -2.42. The highest BCUT2D eigenvalue weighted by Crippen LogP contribution is 2.36. The lowest BCUT2D eigenvalue weighted by molar-refractivity contribution is 0.0708. The zero-order chi connectivity index (χ0) is 26.6. The molecule has 2 unspecified atom stereocenters. The van der Waals surface area contributed by atoms with Crippen LogP contribution >= 0.6 is 15.9 Å². The average Bonchev–Trinajstić information content (AvgIpc) is 3.37. The maximum absolute atomic E-state index is 13.4. The van der Waals surface area contributed by atoms with E-state index in [0.29, 0.717) is 31.1 Å². The number of ether oxygens (including phenoxy) is 1. The van der Waals surface area contributed by atoms with Gasteiger partial charge in [-0.05, 0) is 64.7 Å². The van der Waals surface area contributed by atoms with Crippen LogP contribution in [0.25, 0.3) is 0 Å². The molecule has 6 rings (SSSR count). The minimum Gasteiger partial charge on any atom is -0.486 e. The molecule has 0 bridgehead atoms. The maximum Gasteiger partial charge on any atom is 0.253 e. The number of nitrogens with zero attached hydrogens (tertiary/aromatic N) is 5. The largest absolute Gasteiger partial charge is 0.486 e. The highest BCUT2D eigenvalue weighted by atomic mass is 79.9. The van der Waals surface area contributed by atoms with Crippen LogP contribution in [0.2, 0.25) is 0 Å². The zero-order valence-corrected chi connectivity index (χ0v) is 23.2. The van der Waals surface area contributed by atoms with Crippen molar-refractivity contribution >= 4 is 33.4 Å². The molecule has 1 fully saturated rings. The number of carbonyl (C=O) groups excluding carboxylic acids is 1. The quantitative estimate of drug-likeness (QED) is 0.388. The molecule has 1 aliphatic carbocycles. The molecule has 200 valence electrons. The third kappa shape index (κ3) is 5.89. The molecule has 2 aliphatic heterocycles. The first kappa shape index (κ1) is 25.7. The molecule has 0 saturated carbocycles. The van der Waals surface area contributed by atoms with Gasteiger partial charge in [0.15, 0.2) is 5.82 Å². The van der Waals surface area contributed by atoms with Gasteiger partial charge in [0.1, 0.15) is 18.0 Å². The fourth-order valence-corrected chi connectivity index (χ4v) is 5.77. The number of benzene rings is 1. The normalized spacial score (nSPS) is 20.9. The van der Waals surface area contributed by atoms with Gasteiger partial charge in [-0.15, -0.1) is 0 Å². The van der Waals surface area contributed by atoms with Crippen LogP contribution in [0.15, 0.2) is 88.8 Å². The van der Waals surface area contributed by atoms with Gasteiger partial charge in [-0.1, -0.05) is 30.4 Å². The van der Waals surface area contributed by atoms with Gasteiger partial charge in [0.2, 0.25) is 0 Å². The molecule has 2 aromatic heterocycles. The predicted octanol–water partition coefficient (Wildman–Crippen LogP) is 5.62. The van der Waals surface area contributed by atoms with Crippen molar-refractivity contribution in [3.05, 3.63) is 94.9 Å². The van der Waals surface area contributed by atoms with Gasteiger partial charge in [0, 0.05) is 62.1 Å². The van der Waals surface area contributed by atoms with Crippen LogP contribution in [0.4, 0.5) is 5.82 Å². The van der Waals surface area contributed by atoms with E-state index in [2.05, 4.69) is 43.5 Å². The van der Waals surface area contributed by atoms with Crippen molar-refractivity contribution in [3.63, 3.8) is 0 Å². The first-order valence-electron chi connectivity index (χ1n) is 13.5. The van der Waals surface area contributed by atoms with Crippen molar-refractivity contribution in [2.45, 2.75) is 44.5 Å². The van der Waals surface area contributed by atoms with E-state index in [1.807, 2.05) is 64.3 Å². The number of rotatable bonds is 7. The van der Waals surface area contributed by atoms with E-state index in [1.54, 1.807) is 12.4 Å². The third-order valence-electron chi connectivity index (χ3n) is 7.50. The first-order valence-corrected chi connectivity index (χ1v) is 14.3. The fourth-order valence-electron chi connectivity index (χ4n) is 5.41. The van der Waals surface area contributed by atoms with Crippen LogP contribution in [0, 0.1) is 5.92 Å². The van der Waals surface area contributed by atoms with E-state index in [4.69, 9.17) is 9.73 Å². The molecular weight excluding hydrogens is 556 g/mol. The number of aliphatic imine (C=N–C) groups is 1. The molecule has 8 nitrogen and oxygen atoms in total. The number of allylic oxidation sites excluding steroid dienone is 2. The number of hydrogen-bond donors (Lipinski definition) is 1. The van der Waals surface area contributed by atoms with Crippen molar-refractivity contribution in [1.82, 2.24) is 25.0 Å². The lowest BCUT2D eigenvalue weighted by Gasteiger charge is -2.35. The monoisotopic (exact) mass is 586 g/mol. The summed E-state index contributed by atoms with van der Waals surface area (Å²) in [5.41, 5.74) is 2.97. The Kier molecular flexibility index (Phi) is 7.69. The predicted molar refractivity (Wildman–Crippen MR) is 154 cm³/mol. The smallest absolute Gasteiger partial charge is 0.253 e. The summed E-state index contributed by atoms with van der Waals surface area (Å²) in [5, 5.41) is 8.19. The third-order valence-corrected chi connectivity index (χ3v) is 8.06. The van der Waals surface area contributed by atoms with E-state index < -0.39 is 0 Å². The van der Waals surface area contributed by atoms with Crippen LogP contribution < -0.4 is 10.1 Å². The van der Waals surface area contributed by atoms with Gasteiger partial charge in [0.05, 0.1) is 10.7 Å². The Balaban J connectivity index is 1.09. The Labute approximate surface area is 236 Å². The molecule has 3 aromatic rings. The summed E-state index contributed by atoms with van der Waals surface area (Å²) in [6, 6.07) is 11.6. The van der Waals surface area contributed by atoms with Gasteiger partial charge >= 0.3 is 0 Å². The molecule has 9 heteroatoms. The second-order valence-corrected chi connectivity index (χ2v) is 11.0. The molecule has 1 N–H and O–H groups in total. The SMILES string of the molecule is O=C(c1cccc(OC2C=CC=CC2)c1)N1CCC(C2=Nc3c(Br)cnn3C(NCc3cccnc3)C2)CC1. The van der Waals surface area contributed by atoms with Crippen molar-refractivity contribution < 1.29 is 9.53 Å². The summed E-state index contributed by atoms with van der Waals surface area (Å²) in [6.07, 6.45) is 17.0. The number of piperidine rings is 1. The number of carbonyl (C=O) groups is 1. The van der Waals surface area contributed by atoms with Crippen LogP contribution in [0.5, 0.6) is 5.75 Å². The van der Waals surface area contributed by atoms with E-state index >= 15 is 0 Å². The molecule has 1 amide bonds. The molecular formula is C30H31BrN6O2. The fraction of sp³-hybridized carbons (Fsp3) is 0.333. The van der Waals surface area contributed by atoms with Gasteiger partial charge < -0.3 is 9.64 Å². The number of pyridine rings is 1. The van der Waals surface area contributed by atoms with E-state index in [9.17, 15) is 4.79 Å². The summed E-state index contributed by atoms with van der Waals surface area (Å²) in [7, 11) is 0. The standard InChI is InChI=1S/C30H31BrN6O2/c31-26-20-34-37-28(33-19-21-6-5-13-32-18-21)17-27(35-29(26)37)22-11-14-36(15-12-22)30(38)23-7-4-10-25(16-23)39-24-8-2-1-3-9-24/h1-8,10,13,16,18,20,22,24,28,33H,9,11-12,14-15,17,19H2. The van der Waals surface area contributed by atoms with Crippen molar-refractivity contribution in [2.75, 3.05) is 13.1 Å². The van der Waals surface area contributed by atoms with Crippen molar-refractivity contribution in [3.8, 4) is 5.75 Å². The second kappa shape index (κ2) is 11.7. The van der Waals surface area contributed by atoms with Crippen molar-refractivity contribution in [1.29, 1.82) is 0 Å². The summed E-state index contributed by atoms with van der Waals surface area (Å²) in [4.78, 5) is 24.6. The molecule has 0 radical (unpaired) electrons. The Morgan fingerprint density at radius 2 is 2.03 bits per heavy atom. The summed E-state index contributed by atoms with van der Waals surface area (Å²) in [6.45, 7) is 2.11. The number of amides is 1. The molecule has 3 aliphatic rings. The van der Waals surface area contributed by atoms with E-state index in [0.717, 1.165) is 47.3 Å². The Bertz CT molecular complexity index is 1410. The molecule has 1 saturated heterocycles. The Morgan fingerprint density at radius 3 is 2.82 bits per heavy atom. The number of likely N-dealkylation sites (tertiary alicyclic amines) is 1. The summed E-state index contributed by atoms with van der Waals surface area (Å²) in [5.74, 6) is 1.95. The minimum absolute atomic E-state index is 0.00591. The average molecular weight is 588 g/mol. The number of aromatic nitrogens is 3. The van der Waals surface area contributed by atoms with Crippen LogP contribution in [-0.2, 0) is 6.54 Å². The topological polar surface area (TPSA) is 84.6 Å². The maximum atomic E-state index is 13.4. The Hall–Kier alpha value is -3.56. The van der Waals surface area contributed by atoms with Gasteiger partial charge in [0.25, 0.3) is 5.91 Å². The number of hydrogen-bond acceptors (Lipinski definition) is 6. The van der Waals surface area contributed by atoms with Crippen LogP contribution in [0.1, 0.15) is 47.8 Å². The molecule has 2 atom stereocenters. The molecule has 1 aromatic carbocycles. The zero-order valence-electron chi connectivity index (χ0n) is 21.6. The number of nitrogens with one attached hydrogen (secondary N) is 1. The summed E-state index contributed by atoms with van der Waals surface area (Å²) < 4.78 is 8.92. The highest BCUT2D eigenvalue weighted by molar-refractivity contribution is 9.10. The number of fused-ring (bicyclic) bond motifs is 1. The highest BCUT2D eigenvalue weighted by Gasteiger charge is 2.32. The van der Waals surface area contributed by atoms with Gasteiger partial charge in [-0.3, -0.25) is 15.1 Å². The van der Waals surface area contributed by atoms with Gasteiger partial charge in [-0.2, -0.15) is 5.10 Å². The van der Waals surface area contributed by atoms with Gasteiger partial charge in [-0.25, -0.2) is 9.67 Å². The molecule has 4 heterocycles. The van der Waals surface area contributed by atoms with E-state index in [1.165, 1.54) is 5.71 Å². The second-order valence-electron chi connectivity index (χ2n) is 10.1. The number of halogens is 1. The van der Waals surface area contributed by atoms with Crippen molar-refractivity contribution in [2.24, 2.45) is 10.9 Å². The Morgan fingerprint density at radius 1 is 1.13 bits per heavy atom. The summed E-state index contributed by atoms with van der Waals surface area (Å²) >= 11 is 3.62. The molecule has 39 heavy (non-hydrogen) atoms. The first-order chi connectivity index (χ1) is 19.1. The lowest BCUT2D eigenvalue weighted by atomic mass is 9.88. The van der Waals surface area contributed by atoms with E-state index in [-0.39, 0.29) is 18.2 Å². The van der Waals surface area contributed by atoms with Crippen LogP contribution in [-0.4, -0.2) is 50.5 Å². The van der Waals surface area contributed by atoms with Crippen LogP contribution in [0.3, 0.4) is 0 Å². The molecule has 0 spiro atoms. The minimum atomic E-state index is 0.00591.